The number of anilines is 2. The first-order chi connectivity index (χ1) is 17.2. The Labute approximate surface area is 213 Å². The van der Waals surface area contributed by atoms with E-state index in [2.05, 4.69) is 15.4 Å². The van der Waals surface area contributed by atoms with Gasteiger partial charge in [0, 0.05) is 12.6 Å². The summed E-state index contributed by atoms with van der Waals surface area (Å²) in [6.07, 6.45) is -6.21. The van der Waals surface area contributed by atoms with Gasteiger partial charge in [0.05, 0.1) is 23.2 Å². The Hall–Kier alpha value is -3.35. The SMILES string of the molecule is CC[C@@H](NC(C)=O)[C@H]1CN(S(=O)c2ccc(F)cc2)c2cc(NC(=O)OC(C)(C)C(F)(F)F)ccc2O1. The summed E-state index contributed by atoms with van der Waals surface area (Å²) < 4.78 is 78.3. The van der Waals surface area contributed by atoms with Gasteiger partial charge in [0.15, 0.2) is 11.0 Å². The molecule has 0 bridgehead atoms. The fourth-order valence-corrected chi connectivity index (χ4v) is 4.78. The number of hydrogen-bond acceptors (Lipinski definition) is 5. The lowest BCUT2D eigenvalue weighted by Crippen LogP contribution is -2.52. The number of ether oxygens (including phenoxy) is 2. The number of nitrogens with zero attached hydrogens (tertiary/aromatic N) is 1. The number of benzene rings is 2. The molecule has 13 heteroatoms. The van der Waals surface area contributed by atoms with E-state index in [4.69, 9.17) is 4.74 Å². The van der Waals surface area contributed by atoms with Gasteiger partial charge in [-0.1, -0.05) is 6.92 Å². The molecule has 0 saturated carbocycles. The molecule has 0 spiro atoms. The molecular formula is C24H27F4N3O5S. The molecule has 2 aromatic rings. The first-order valence-corrected chi connectivity index (χ1v) is 12.4. The van der Waals surface area contributed by atoms with Gasteiger partial charge in [0.25, 0.3) is 0 Å². The van der Waals surface area contributed by atoms with Crippen LogP contribution in [0.25, 0.3) is 0 Å². The maximum atomic E-state index is 13.5. The summed E-state index contributed by atoms with van der Waals surface area (Å²) in [5, 5.41) is 5.05. The Morgan fingerprint density at radius 1 is 1.19 bits per heavy atom. The summed E-state index contributed by atoms with van der Waals surface area (Å²) in [6, 6.07) is 8.86. The van der Waals surface area contributed by atoms with Crippen LogP contribution in [0.15, 0.2) is 47.4 Å². The first-order valence-electron chi connectivity index (χ1n) is 11.3. The average Bonchev–Trinajstić information content (AvgIpc) is 2.80. The lowest BCUT2D eigenvalue weighted by atomic mass is 10.1. The van der Waals surface area contributed by atoms with E-state index in [0.29, 0.717) is 6.42 Å². The molecule has 1 unspecified atom stereocenters. The zero-order chi connectivity index (χ0) is 27.5. The van der Waals surface area contributed by atoms with Gasteiger partial charge >= 0.3 is 12.3 Å². The third-order valence-corrected chi connectivity index (χ3v) is 7.04. The minimum atomic E-state index is -4.78. The van der Waals surface area contributed by atoms with E-state index in [1.165, 1.54) is 41.6 Å². The minimum Gasteiger partial charge on any atom is -0.484 e. The summed E-state index contributed by atoms with van der Waals surface area (Å²) in [7, 11) is -1.86. The normalized spacial score (nSPS) is 17.2. The number of nitrogens with one attached hydrogen (secondary N) is 2. The predicted molar refractivity (Wildman–Crippen MR) is 129 cm³/mol. The van der Waals surface area contributed by atoms with Crippen molar-refractivity contribution in [2.45, 2.75) is 62.9 Å². The molecule has 0 aliphatic carbocycles. The average molecular weight is 546 g/mol. The molecule has 0 saturated heterocycles. The highest BCUT2D eigenvalue weighted by Crippen LogP contribution is 2.39. The lowest BCUT2D eigenvalue weighted by Gasteiger charge is -2.38. The van der Waals surface area contributed by atoms with Gasteiger partial charge in [0.2, 0.25) is 11.5 Å². The van der Waals surface area contributed by atoms with Gasteiger partial charge in [-0.25, -0.2) is 13.4 Å². The monoisotopic (exact) mass is 545 g/mol. The van der Waals surface area contributed by atoms with Crippen LogP contribution in [0, 0.1) is 5.82 Å². The fourth-order valence-electron chi connectivity index (χ4n) is 3.55. The second kappa shape index (κ2) is 11.0. The van der Waals surface area contributed by atoms with Crippen LogP contribution in [-0.4, -0.2) is 46.7 Å². The van der Waals surface area contributed by atoms with Gasteiger partial charge < -0.3 is 14.8 Å². The molecule has 0 aromatic heterocycles. The Balaban J connectivity index is 1.94. The van der Waals surface area contributed by atoms with Crippen molar-refractivity contribution in [3.8, 4) is 5.75 Å². The van der Waals surface area contributed by atoms with Crippen LogP contribution in [0.5, 0.6) is 5.75 Å². The van der Waals surface area contributed by atoms with Crippen LogP contribution in [0.2, 0.25) is 0 Å². The van der Waals surface area contributed by atoms with Crippen LogP contribution < -0.4 is 19.7 Å². The number of rotatable bonds is 7. The Morgan fingerprint density at radius 3 is 2.41 bits per heavy atom. The highest BCUT2D eigenvalue weighted by atomic mass is 32.2. The molecule has 37 heavy (non-hydrogen) atoms. The number of carbonyl (C=O) groups is 2. The standard InChI is InChI=1S/C24H27F4N3O5S/c1-5-18(29-14(2)32)21-13-31(37(34)17-9-6-15(25)7-10-17)19-12-16(8-11-20(19)35-21)30-22(33)36-23(3,4)24(26,27)28/h6-12,18,21H,5,13H2,1-4H3,(H,29,32)(H,30,33)/t18-,21-,37?/m1/s1. The number of halogens is 4. The Bertz CT molecular complexity index is 1170. The second-order valence-corrected chi connectivity index (χ2v) is 10.3. The Morgan fingerprint density at radius 2 is 1.84 bits per heavy atom. The van der Waals surface area contributed by atoms with Crippen molar-refractivity contribution >= 4 is 34.4 Å². The Kier molecular flexibility index (Phi) is 8.35. The summed E-state index contributed by atoms with van der Waals surface area (Å²) in [5.74, 6) is -0.512. The molecule has 1 aliphatic heterocycles. The summed E-state index contributed by atoms with van der Waals surface area (Å²) in [6.45, 7) is 4.71. The van der Waals surface area contributed by atoms with Gasteiger partial charge in [-0.3, -0.25) is 14.4 Å². The molecule has 0 fully saturated rings. The molecule has 2 amide bonds. The van der Waals surface area contributed by atoms with E-state index < -0.39 is 46.8 Å². The van der Waals surface area contributed by atoms with E-state index in [9.17, 15) is 31.4 Å². The minimum absolute atomic E-state index is 0.0464. The lowest BCUT2D eigenvalue weighted by molar-refractivity contribution is -0.242. The van der Waals surface area contributed by atoms with E-state index in [-0.39, 0.29) is 34.5 Å². The van der Waals surface area contributed by atoms with Gasteiger partial charge in [-0.05, 0) is 62.7 Å². The number of hydrogen-bond donors (Lipinski definition) is 2. The van der Waals surface area contributed by atoms with Crippen molar-refractivity contribution in [1.82, 2.24) is 5.32 Å². The van der Waals surface area contributed by atoms with Crippen molar-refractivity contribution in [3.63, 3.8) is 0 Å². The quantitative estimate of drug-likeness (QED) is 0.482. The summed E-state index contributed by atoms with van der Waals surface area (Å²) >= 11 is 0. The highest BCUT2D eigenvalue weighted by molar-refractivity contribution is 7.86. The third-order valence-electron chi connectivity index (χ3n) is 5.62. The number of fused-ring (bicyclic) bond motifs is 1. The maximum Gasteiger partial charge on any atom is 0.427 e. The van der Waals surface area contributed by atoms with Crippen LogP contribution in [-0.2, 0) is 20.5 Å². The molecule has 1 aliphatic rings. The molecular weight excluding hydrogens is 518 g/mol. The molecule has 3 atom stereocenters. The topological polar surface area (TPSA) is 97.0 Å². The number of amides is 2. The molecule has 1 heterocycles. The molecule has 3 rings (SSSR count). The third kappa shape index (κ3) is 6.70. The van der Waals surface area contributed by atoms with Gasteiger partial charge in [0.1, 0.15) is 17.7 Å². The van der Waals surface area contributed by atoms with Crippen LogP contribution in [0.1, 0.15) is 34.1 Å². The van der Waals surface area contributed by atoms with E-state index in [0.717, 1.165) is 26.0 Å². The van der Waals surface area contributed by atoms with E-state index >= 15 is 0 Å². The largest absolute Gasteiger partial charge is 0.484 e. The molecule has 2 aromatic carbocycles. The predicted octanol–water partition coefficient (Wildman–Crippen LogP) is 4.92. The zero-order valence-electron chi connectivity index (χ0n) is 20.5. The van der Waals surface area contributed by atoms with Gasteiger partial charge in [-0.15, -0.1) is 0 Å². The molecule has 202 valence electrons. The van der Waals surface area contributed by atoms with Crippen LogP contribution >= 0.6 is 0 Å². The smallest absolute Gasteiger partial charge is 0.427 e. The highest BCUT2D eigenvalue weighted by Gasteiger charge is 2.51. The van der Waals surface area contributed by atoms with Crippen molar-refractivity contribution in [1.29, 1.82) is 0 Å². The van der Waals surface area contributed by atoms with E-state index in [1.807, 2.05) is 6.92 Å². The fraction of sp³-hybridized carbons (Fsp3) is 0.417. The van der Waals surface area contributed by atoms with Crippen molar-refractivity contribution in [2.75, 3.05) is 16.2 Å². The zero-order valence-corrected chi connectivity index (χ0v) is 21.3. The van der Waals surface area contributed by atoms with Crippen molar-refractivity contribution in [2.24, 2.45) is 0 Å². The maximum absolute atomic E-state index is 13.5. The molecule has 0 radical (unpaired) electrons. The molecule has 8 nitrogen and oxygen atoms in total. The molecule has 2 N–H and O–H groups in total. The summed E-state index contributed by atoms with van der Waals surface area (Å²) in [5.41, 5.74) is -2.39. The number of carbonyl (C=O) groups excluding carboxylic acids is 2. The number of alkyl halides is 3. The van der Waals surface area contributed by atoms with Crippen LogP contribution in [0.3, 0.4) is 0 Å². The van der Waals surface area contributed by atoms with Gasteiger partial charge in [-0.2, -0.15) is 13.2 Å². The second-order valence-electron chi connectivity index (χ2n) is 8.84. The van der Waals surface area contributed by atoms with Crippen LogP contribution in [0.4, 0.5) is 33.7 Å². The first kappa shape index (κ1) is 28.2. The van der Waals surface area contributed by atoms with E-state index in [1.54, 1.807) is 0 Å². The summed E-state index contributed by atoms with van der Waals surface area (Å²) in [4.78, 5) is 24.1. The van der Waals surface area contributed by atoms with Crippen molar-refractivity contribution in [3.05, 3.63) is 48.3 Å². The van der Waals surface area contributed by atoms with Crippen molar-refractivity contribution < 1.29 is 40.8 Å².